The fourth-order valence-electron chi connectivity index (χ4n) is 2.58. The summed E-state index contributed by atoms with van der Waals surface area (Å²) >= 11 is 7.28. The lowest BCUT2D eigenvalue weighted by atomic mass is 10.0. The van der Waals surface area contributed by atoms with Gasteiger partial charge in [-0.25, -0.2) is 23.1 Å². The molecule has 0 spiro atoms. The quantitative estimate of drug-likeness (QED) is 0.471. The molecular weight excluding hydrogens is 484 g/mol. The molecule has 0 bridgehead atoms. The van der Waals surface area contributed by atoms with E-state index < -0.39 is 45.3 Å². The van der Waals surface area contributed by atoms with Gasteiger partial charge in [-0.3, -0.25) is 4.79 Å². The number of carbonyl (C=O) groups is 3. The van der Waals surface area contributed by atoms with E-state index in [9.17, 15) is 22.8 Å². The van der Waals surface area contributed by atoms with E-state index in [1.54, 1.807) is 29.6 Å². The van der Waals surface area contributed by atoms with E-state index >= 15 is 0 Å². The summed E-state index contributed by atoms with van der Waals surface area (Å²) in [6, 6.07) is 8.87. The minimum atomic E-state index is -4.13. The Balaban J connectivity index is 1.74. The van der Waals surface area contributed by atoms with Gasteiger partial charge in [0.05, 0.1) is 7.11 Å². The van der Waals surface area contributed by atoms with Crippen LogP contribution in [0.3, 0.4) is 0 Å². The Morgan fingerprint density at radius 3 is 2.47 bits per heavy atom. The highest BCUT2D eigenvalue weighted by Gasteiger charge is 2.24. The minimum absolute atomic E-state index is 0.0918. The molecule has 3 N–H and O–H groups in total. The van der Waals surface area contributed by atoms with Gasteiger partial charge in [-0.2, -0.15) is 0 Å². The minimum Gasteiger partial charge on any atom is -0.465 e. The van der Waals surface area contributed by atoms with Crippen LogP contribution in [0.5, 0.6) is 0 Å². The van der Waals surface area contributed by atoms with Crippen molar-refractivity contribution in [3.8, 4) is 11.1 Å². The number of benzene rings is 1. The van der Waals surface area contributed by atoms with Crippen LogP contribution in [0.2, 0.25) is 5.02 Å². The summed E-state index contributed by atoms with van der Waals surface area (Å²) in [6.07, 6.45) is 0. The number of thiophene rings is 1. The molecule has 13 heteroatoms. The molecule has 0 fully saturated rings. The van der Waals surface area contributed by atoms with Gasteiger partial charge in [-0.05, 0) is 18.2 Å². The summed E-state index contributed by atoms with van der Waals surface area (Å²) in [7, 11) is -2.93. The van der Waals surface area contributed by atoms with Gasteiger partial charge in [0.15, 0.2) is 6.61 Å². The lowest BCUT2D eigenvalue weighted by Gasteiger charge is -2.09. The second-order valence-corrected chi connectivity index (χ2v) is 8.89. The first-order valence-electron chi connectivity index (χ1n) is 8.66. The summed E-state index contributed by atoms with van der Waals surface area (Å²) in [4.78, 5) is 36.6. The Kier molecular flexibility index (Phi) is 6.99. The van der Waals surface area contributed by atoms with Crippen LogP contribution in [0.15, 0.2) is 51.3 Å². The molecule has 0 saturated carbocycles. The number of esters is 2. The Morgan fingerprint density at radius 2 is 1.84 bits per heavy atom. The number of ether oxygens (including phenoxy) is 2. The van der Waals surface area contributed by atoms with Crippen LogP contribution in [0.25, 0.3) is 11.1 Å². The lowest BCUT2D eigenvalue weighted by molar-refractivity contribution is -0.119. The Hall–Kier alpha value is -3.19. The number of amides is 1. The van der Waals surface area contributed by atoms with Crippen LogP contribution in [0.4, 0.5) is 5.00 Å². The molecule has 0 aliphatic heterocycles. The first-order chi connectivity index (χ1) is 15.1. The molecule has 0 saturated heterocycles. The zero-order valence-electron chi connectivity index (χ0n) is 16.3. The predicted molar refractivity (Wildman–Crippen MR) is 115 cm³/mol. The summed E-state index contributed by atoms with van der Waals surface area (Å²) in [6.45, 7) is -0.732. The monoisotopic (exact) mass is 498 g/mol. The number of nitrogens with two attached hydrogens (primary N) is 1. The van der Waals surface area contributed by atoms with E-state index in [0.29, 0.717) is 16.1 Å². The maximum absolute atomic E-state index is 12.3. The number of rotatable bonds is 7. The number of methoxy groups -OCH3 is 1. The second kappa shape index (κ2) is 9.53. The third-order valence-corrected chi connectivity index (χ3v) is 6.00. The summed E-state index contributed by atoms with van der Waals surface area (Å²) in [5.74, 6) is -2.98. The van der Waals surface area contributed by atoms with Gasteiger partial charge >= 0.3 is 11.9 Å². The van der Waals surface area contributed by atoms with Crippen molar-refractivity contribution in [2.45, 2.75) is 5.09 Å². The molecule has 0 atom stereocenters. The molecule has 1 amide bonds. The maximum atomic E-state index is 12.3. The first kappa shape index (κ1) is 23.5. The molecule has 2 aromatic heterocycles. The number of nitrogens with one attached hydrogen (secondary N) is 1. The van der Waals surface area contributed by atoms with E-state index in [4.69, 9.17) is 30.6 Å². The average molecular weight is 499 g/mol. The van der Waals surface area contributed by atoms with Gasteiger partial charge in [-0.1, -0.05) is 29.8 Å². The number of halogens is 1. The van der Waals surface area contributed by atoms with Gasteiger partial charge in [0.2, 0.25) is 10.9 Å². The highest BCUT2D eigenvalue weighted by Crippen LogP contribution is 2.39. The van der Waals surface area contributed by atoms with Crippen LogP contribution < -0.4 is 10.5 Å². The Labute approximate surface area is 190 Å². The maximum Gasteiger partial charge on any atom is 0.374 e. The molecule has 10 nitrogen and oxygen atoms in total. The average Bonchev–Trinajstić information content (AvgIpc) is 3.39. The molecule has 0 aliphatic rings. The highest BCUT2D eigenvalue weighted by molar-refractivity contribution is 7.89. The van der Waals surface area contributed by atoms with Crippen LogP contribution >= 0.6 is 22.9 Å². The molecule has 0 unspecified atom stereocenters. The summed E-state index contributed by atoms with van der Waals surface area (Å²) in [5, 5.41) is 8.96. The largest absolute Gasteiger partial charge is 0.465 e. The summed E-state index contributed by atoms with van der Waals surface area (Å²) in [5.41, 5.74) is 1.13. The van der Waals surface area contributed by atoms with Crippen molar-refractivity contribution in [1.29, 1.82) is 0 Å². The second-order valence-electron chi connectivity index (χ2n) is 6.11. The molecular formula is C19H15ClN2O8S2. The fourth-order valence-corrected chi connectivity index (χ4v) is 4.25. The molecule has 3 aromatic rings. The summed E-state index contributed by atoms with van der Waals surface area (Å²) < 4.78 is 36.8. The van der Waals surface area contributed by atoms with Gasteiger partial charge in [0.1, 0.15) is 10.6 Å². The van der Waals surface area contributed by atoms with Crippen molar-refractivity contribution in [2.24, 2.45) is 5.14 Å². The van der Waals surface area contributed by atoms with Crippen molar-refractivity contribution in [1.82, 2.24) is 0 Å². The number of furan rings is 1. The van der Waals surface area contributed by atoms with Crippen molar-refractivity contribution < 1.29 is 36.7 Å². The zero-order chi connectivity index (χ0) is 23.5. The molecule has 168 valence electrons. The predicted octanol–water partition coefficient (Wildman–Crippen LogP) is 2.89. The molecule has 1 aromatic carbocycles. The molecule has 3 rings (SSSR count). The number of anilines is 1. The van der Waals surface area contributed by atoms with Gasteiger partial charge < -0.3 is 19.2 Å². The van der Waals surface area contributed by atoms with Gasteiger partial charge in [-0.15, -0.1) is 11.3 Å². The van der Waals surface area contributed by atoms with Crippen molar-refractivity contribution >= 4 is 55.8 Å². The highest BCUT2D eigenvalue weighted by atomic mass is 35.5. The normalized spacial score (nSPS) is 11.1. The first-order valence-corrected chi connectivity index (χ1v) is 11.5. The van der Waals surface area contributed by atoms with Crippen molar-refractivity contribution in [3.05, 3.63) is 58.1 Å². The SMILES string of the molecule is COC(=O)c1c(-c2ccccc2Cl)csc1NC(=O)COC(=O)c1ccc(S(N)(=O)=O)o1. The lowest BCUT2D eigenvalue weighted by Crippen LogP contribution is -2.21. The van der Waals surface area contributed by atoms with Crippen molar-refractivity contribution in [2.75, 3.05) is 19.0 Å². The fraction of sp³-hybridized carbons (Fsp3) is 0.105. The van der Waals surface area contributed by atoms with Crippen molar-refractivity contribution in [3.63, 3.8) is 0 Å². The van der Waals surface area contributed by atoms with E-state index in [1.807, 2.05) is 0 Å². The topological polar surface area (TPSA) is 155 Å². The third-order valence-electron chi connectivity index (χ3n) is 3.99. The number of hydrogen-bond donors (Lipinski definition) is 2. The number of hydrogen-bond acceptors (Lipinski definition) is 9. The Morgan fingerprint density at radius 1 is 1.12 bits per heavy atom. The zero-order valence-corrected chi connectivity index (χ0v) is 18.7. The number of primary sulfonamides is 1. The van der Waals surface area contributed by atoms with Gasteiger partial charge in [0, 0.05) is 21.5 Å². The van der Waals surface area contributed by atoms with Crippen LogP contribution in [-0.2, 0) is 24.3 Å². The number of sulfonamides is 1. The molecule has 0 radical (unpaired) electrons. The Bertz CT molecular complexity index is 1300. The number of carbonyl (C=O) groups excluding carboxylic acids is 3. The van der Waals surface area contributed by atoms with E-state index in [2.05, 4.69) is 5.32 Å². The molecule has 2 heterocycles. The third kappa shape index (κ3) is 5.16. The van der Waals surface area contributed by atoms with E-state index in [1.165, 1.54) is 7.11 Å². The van der Waals surface area contributed by atoms with E-state index in [-0.39, 0.29) is 10.6 Å². The van der Waals surface area contributed by atoms with E-state index in [0.717, 1.165) is 23.5 Å². The van der Waals surface area contributed by atoms with Crippen LogP contribution in [-0.4, -0.2) is 40.0 Å². The van der Waals surface area contributed by atoms with Crippen LogP contribution in [0.1, 0.15) is 20.9 Å². The standard InChI is InChI=1S/C19H15ClN2O8S2/c1-28-19(25)16-11(10-4-2-3-5-12(10)20)9-31-17(16)22-14(23)8-29-18(24)13-6-7-15(30-13)32(21,26)27/h2-7,9H,8H2,1H3,(H,22,23)(H2,21,26,27). The molecule has 0 aliphatic carbocycles. The molecule has 32 heavy (non-hydrogen) atoms. The van der Waals surface area contributed by atoms with Gasteiger partial charge in [0.25, 0.3) is 15.9 Å². The smallest absolute Gasteiger partial charge is 0.374 e. The van der Waals surface area contributed by atoms with Crippen LogP contribution in [0, 0.1) is 0 Å².